The van der Waals surface area contributed by atoms with Crippen LogP contribution in [0.2, 0.25) is 0 Å². The van der Waals surface area contributed by atoms with E-state index in [1.807, 2.05) is 38.1 Å². The van der Waals surface area contributed by atoms with Crippen molar-refractivity contribution in [3.05, 3.63) is 29.3 Å². The number of rotatable bonds is 4. The Morgan fingerprint density at radius 2 is 2.00 bits per heavy atom. The van der Waals surface area contributed by atoms with Gasteiger partial charge in [-0.15, -0.1) is 0 Å². The monoisotopic (exact) mass is 217 g/mol. The molecule has 0 aliphatic rings. The number of anilines is 1. The lowest BCUT2D eigenvalue weighted by Crippen LogP contribution is -2.30. The zero-order valence-corrected chi connectivity index (χ0v) is 9.50. The third-order valence-electron chi connectivity index (χ3n) is 2.27. The van der Waals surface area contributed by atoms with Crippen molar-refractivity contribution in [3.8, 4) is 6.07 Å². The molecule has 0 aliphatic heterocycles. The van der Waals surface area contributed by atoms with Crippen molar-refractivity contribution in [3.63, 3.8) is 0 Å². The van der Waals surface area contributed by atoms with Crippen LogP contribution in [0, 0.1) is 25.2 Å². The molecule has 0 aliphatic carbocycles. The van der Waals surface area contributed by atoms with Gasteiger partial charge in [0, 0.05) is 5.69 Å². The van der Waals surface area contributed by atoms with Crippen LogP contribution < -0.4 is 10.6 Å². The molecule has 84 valence electrons. The van der Waals surface area contributed by atoms with Gasteiger partial charge in [-0.3, -0.25) is 4.79 Å². The van der Waals surface area contributed by atoms with Crippen LogP contribution in [-0.4, -0.2) is 19.0 Å². The third kappa shape index (κ3) is 3.28. The van der Waals surface area contributed by atoms with Gasteiger partial charge in [0.05, 0.1) is 12.6 Å². The number of nitriles is 1. The molecule has 0 spiro atoms. The Morgan fingerprint density at radius 3 is 2.56 bits per heavy atom. The number of benzene rings is 1. The van der Waals surface area contributed by atoms with Crippen molar-refractivity contribution < 1.29 is 4.79 Å². The predicted octanol–water partition coefficient (Wildman–Crippen LogP) is 1.36. The van der Waals surface area contributed by atoms with Crippen molar-refractivity contribution in [1.29, 1.82) is 5.26 Å². The van der Waals surface area contributed by atoms with E-state index in [0.29, 0.717) is 0 Å². The molecule has 4 heteroatoms. The van der Waals surface area contributed by atoms with Crippen LogP contribution >= 0.6 is 0 Å². The molecule has 0 radical (unpaired) electrons. The average Bonchev–Trinajstić information content (AvgIpc) is 2.25. The van der Waals surface area contributed by atoms with Gasteiger partial charge in [-0.1, -0.05) is 18.2 Å². The summed E-state index contributed by atoms with van der Waals surface area (Å²) in [4.78, 5) is 11.3. The number of aryl methyl sites for hydroxylation is 2. The molecule has 2 N–H and O–H groups in total. The summed E-state index contributed by atoms with van der Waals surface area (Å²) in [6, 6.07) is 7.81. The molecule has 1 aromatic carbocycles. The second-order valence-corrected chi connectivity index (χ2v) is 3.56. The lowest BCUT2D eigenvalue weighted by atomic mass is 10.1. The van der Waals surface area contributed by atoms with Crippen LogP contribution in [0.15, 0.2) is 18.2 Å². The van der Waals surface area contributed by atoms with Crippen molar-refractivity contribution in [1.82, 2.24) is 5.32 Å². The first kappa shape index (κ1) is 12.1. The maximum Gasteiger partial charge on any atom is 0.240 e. The van der Waals surface area contributed by atoms with Gasteiger partial charge in [-0.25, -0.2) is 0 Å². The summed E-state index contributed by atoms with van der Waals surface area (Å²) in [7, 11) is 0. The minimum absolute atomic E-state index is 0.0489. The summed E-state index contributed by atoms with van der Waals surface area (Å²) in [5.41, 5.74) is 3.19. The number of nitrogens with one attached hydrogen (secondary N) is 2. The Labute approximate surface area is 95.3 Å². The molecule has 0 atom stereocenters. The van der Waals surface area contributed by atoms with Crippen LogP contribution in [0.5, 0.6) is 0 Å². The van der Waals surface area contributed by atoms with Crippen LogP contribution in [-0.2, 0) is 4.79 Å². The Bertz CT molecular complexity index is 401. The van der Waals surface area contributed by atoms with Crippen LogP contribution in [0.25, 0.3) is 0 Å². The number of hydrogen-bond acceptors (Lipinski definition) is 3. The number of nitrogens with zero attached hydrogens (tertiary/aromatic N) is 1. The molecule has 0 fully saturated rings. The molecular weight excluding hydrogens is 202 g/mol. The van der Waals surface area contributed by atoms with E-state index in [4.69, 9.17) is 5.26 Å². The number of amides is 1. The zero-order valence-electron chi connectivity index (χ0n) is 9.50. The topological polar surface area (TPSA) is 64.9 Å². The van der Waals surface area contributed by atoms with Gasteiger partial charge < -0.3 is 10.6 Å². The minimum Gasteiger partial charge on any atom is -0.376 e. The summed E-state index contributed by atoms with van der Waals surface area (Å²) in [6.07, 6.45) is 0. The van der Waals surface area contributed by atoms with Crippen LogP contribution in [0.1, 0.15) is 11.1 Å². The smallest absolute Gasteiger partial charge is 0.240 e. The quantitative estimate of drug-likeness (QED) is 0.748. The molecule has 4 nitrogen and oxygen atoms in total. The molecule has 0 unspecified atom stereocenters. The standard InChI is InChI=1S/C12H15N3O/c1-9-4-3-5-10(2)12(9)15-8-11(16)14-7-6-13/h3-5,15H,7-8H2,1-2H3,(H,14,16). The number of hydrogen-bond donors (Lipinski definition) is 2. The highest BCUT2D eigenvalue weighted by Gasteiger charge is 2.04. The number of carbonyl (C=O) groups excluding carboxylic acids is 1. The minimum atomic E-state index is -0.177. The van der Waals surface area contributed by atoms with Crippen molar-refractivity contribution in [2.24, 2.45) is 0 Å². The number of carbonyl (C=O) groups is 1. The molecule has 1 rings (SSSR count). The Kier molecular flexibility index (Phi) is 4.34. The molecule has 1 amide bonds. The van der Waals surface area contributed by atoms with Gasteiger partial charge in [0.2, 0.25) is 5.91 Å². The van der Waals surface area contributed by atoms with E-state index < -0.39 is 0 Å². The first-order valence-corrected chi connectivity index (χ1v) is 5.09. The van der Waals surface area contributed by atoms with Crippen LogP contribution in [0.3, 0.4) is 0 Å². The summed E-state index contributed by atoms with van der Waals surface area (Å²) in [5.74, 6) is -0.177. The largest absolute Gasteiger partial charge is 0.376 e. The maximum atomic E-state index is 11.3. The fraction of sp³-hybridized carbons (Fsp3) is 0.333. The molecule has 0 heterocycles. The molecule has 0 saturated carbocycles. The maximum absolute atomic E-state index is 11.3. The molecule has 1 aromatic rings. The molecule has 16 heavy (non-hydrogen) atoms. The van der Waals surface area contributed by atoms with Gasteiger partial charge >= 0.3 is 0 Å². The fourth-order valence-corrected chi connectivity index (χ4v) is 1.46. The highest BCUT2D eigenvalue weighted by atomic mass is 16.1. The SMILES string of the molecule is Cc1cccc(C)c1NCC(=O)NCC#N. The highest BCUT2D eigenvalue weighted by molar-refractivity contribution is 5.81. The Hall–Kier alpha value is -2.02. The van der Waals surface area contributed by atoms with E-state index in [2.05, 4.69) is 10.6 Å². The van der Waals surface area contributed by atoms with Gasteiger partial charge in [0.1, 0.15) is 6.54 Å². The lowest BCUT2D eigenvalue weighted by Gasteiger charge is -2.11. The van der Waals surface area contributed by atoms with Crippen LogP contribution in [0.4, 0.5) is 5.69 Å². The fourth-order valence-electron chi connectivity index (χ4n) is 1.46. The highest BCUT2D eigenvalue weighted by Crippen LogP contribution is 2.18. The van der Waals surface area contributed by atoms with E-state index in [9.17, 15) is 4.79 Å². The average molecular weight is 217 g/mol. The summed E-state index contributed by atoms with van der Waals surface area (Å²) < 4.78 is 0. The molecule has 0 aromatic heterocycles. The second kappa shape index (κ2) is 5.76. The normalized spacial score (nSPS) is 9.31. The van der Waals surface area contributed by atoms with E-state index in [-0.39, 0.29) is 19.0 Å². The second-order valence-electron chi connectivity index (χ2n) is 3.56. The Morgan fingerprint density at radius 1 is 1.38 bits per heavy atom. The van der Waals surface area contributed by atoms with E-state index >= 15 is 0 Å². The van der Waals surface area contributed by atoms with Crippen molar-refractivity contribution in [2.75, 3.05) is 18.4 Å². The lowest BCUT2D eigenvalue weighted by molar-refractivity contribution is -0.119. The molecular formula is C12H15N3O. The van der Waals surface area contributed by atoms with E-state index in [1.165, 1.54) is 0 Å². The van der Waals surface area contributed by atoms with E-state index in [0.717, 1.165) is 16.8 Å². The van der Waals surface area contributed by atoms with Gasteiger partial charge in [0.15, 0.2) is 0 Å². The third-order valence-corrected chi connectivity index (χ3v) is 2.27. The first-order chi connectivity index (χ1) is 7.65. The van der Waals surface area contributed by atoms with E-state index in [1.54, 1.807) is 0 Å². The summed E-state index contributed by atoms with van der Waals surface area (Å²) >= 11 is 0. The van der Waals surface area contributed by atoms with Crippen molar-refractivity contribution in [2.45, 2.75) is 13.8 Å². The molecule has 0 saturated heterocycles. The Balaban J connectivity index is 2.55. The number of para-hydroxylation sites is 1. The van der Waals surface area contributed by atoms with Gasteiger partial charge in [0.25, 0.3) is 0 Å². The predicted molar refractivity (Wildman–Crippen MR) is 63.0 cm³/mol. The first-order valence-electron chi connectivity index (χ1n) is 5.09. The summed E-state index contributed by atoms with van der Waals surface area (Å²) in [6.45, 7) is 4.21. The van der Waals surface area contributed by atoms with Gasteiger partial charge in [-0.2, -0.15) is 5.26 Å². The molecule has 0 bridgehead atoms. The van der Waals surface area contributed by atoms with Crippen molar-refractivity contribution >= 4 is 11.6 Å². The van der Waals surface area contributed by atoms with Gasteiger partial charge in [-0.05, 0) is 25.0 Å². The zero-order chi connectivity index (χ0) is 12.0. The summed E-state index contributed by atoms with van der Waals surface area (Å²) in [5, 5.41) is 13.9.